The molecule has 2 saturated carbocycles. The minimum Gasteiger partial charge on any atom is -0.389 e. The van der Waals surface area contributed by atoms with Crippen molar-refractivity contribution in [3.05, 3.63) is 0 Å². The largest absolute Gasteiger partial charge is 0.389 e. The lowest BCUT2D eigenvalue weighted by atomic mass is 9.71. The van der Waals surface area contributed by atoms with Gasteiger partial charge in [0.25, 0.3) is 0 Å². The van der Waals surface area contributed by atoms with E-state index in [2.05, 4.69) is 19.2 Å². The summed E-state index contributed by atoms with van der Waals surface area (Å²) in [6, 6.07) is 0. The highest BCUT2D eigenvalue weighted by molar-refractivity contribution is 4.94. The molecule has 1 spiro atoms. The molecular weight excluding hydrogens is 262 g/mol. The Balaban J connectivity index is 1.39. The summed E-state index contributed by atoms with van der Waals surface area (Å²) in [6.07, 6.45) is 12.2. The first-order valence-electron chi connectivity index (χ1n) is 9.02. The van der Waals surface area contributed by atoms with Crippen molar-refractivity contribution in [3.8, 4) is 0 Å². The zero-order valence-electron chi connectivity index (χ0n) is 13.9. The van der Waals surface area contributed by atoms with Gasteiger partial charge in [-0.3, -0.25) is 0 Å². The van der Waals surface area contributed by atoms with Crippen LogP contribution in [0.1, 0.15) is 78.1 Å². The van der Waals surface area contributed by atoms with E-state index in [4.69, 9.17) is 4.74 Å². The third-order valence-corrected chi connectivity index (χ3v) is 6.21. The molecule has 0 bridgehead atoms. The molecule has 3 heteroatoms. The van der Waals surface area contributed by atoms with Gasteiger partial charge in [-0.2, -0.15) is 0 Å². The minimum atomic E-state index is -0.487. The Labute approximate surface area is 129 Å². The standard InChI is InChI=1S/C18H33NO2/c1-16(2)9-11-17(20,12-10-16)14-19-13-15-5-8-18(21-15)6-3-4-7-18/h15,19-20H,3-14H2,1-2H3. The molecule has 3 rings (SSSR count). The topological polar surface area (TPSA) is 41.5 Å². The first kappa shape index (κ1) is 15.8. The fourth-order valence-electron chi connectivity index (χ4n) is 4.46. The molecule has 1 unspecified atom stereocenters. The summed E-state index contributed by atoms with van der Waals surface area (Å²) in [5.74, 6) is 0. The second-order valence-electron chi connectivity index (χ2n) is 8.69. The maximum atomic E-state index is 10.7. The molecule has 0 aromatic carbocycles. The quantitative estimate of drug-likeness (QED) is 0.835. The molecular formula is C18H33NO2. The number of hydrogen-bond acceptors (Lipinski definition) is 3. The molecule has 1 atom stereocenters. The molecule has 2 N–H and O–H groups in total. The van der Waals surface area contributed by atoms with E-state index in [1.165, 1.54) is 38.5 Å². The summed E-state index contributed by atoms with van der Waals surface area (Å²) in [5, 5.41) is 14.2. The van der Waals surface area contributed by atoms with E-state index in [0.29, 0.717) is 11.5 Å². The molecule has 3 aliphatic rings. The summed E-state index contributed by atoms with van der Waals surface area (Å²) in [4.78, 5) is 0. The zero-order valence-corrected chi connectivity index (χ0v) is 13.9. The smallest absolute Gasteiger partial charge is 0.0772 e. The second-order valence-corrected chi connectivity index (χ2v) is 8.69. The highest BCUT2D eigenvalue weighted by atomic mass is 16.5. The van der Waals surface area contributed by atoms with Gasteiger partial charge >= 0.3 is 0 Å². The van der Waals surface area contributed by atoms with Gasteiger partial charge in [0.1, 0.15) is 0 Å². The molecule has 3 fully saturated rings. The van der Waals surface area contributed by atoms with E-state index < -0.39 is 5.60 Å². The maximum absolute atomic E-state index is 10.7. The molecule has 21 heavy (non-hydrogen) atoms. The van der Waals surface area contributed by atoms with Crippen LogP contribution in [0, 0.1) is 5.41 Å². The molecule has 1 aliphatic heterocycles. The van der Waals surface area contributed by atoms with Gasteiger partial charge in [0.05, 0.1) is 17.3 Å². The van der Waals surface area contributed by atoms with E-state index in [0.717, 1.165) is 38.8 Å². The van der Waals surface area contributed by atoms with Crippen LogP contribution in [0.15, 0.2) is 0 Å². The van der Waals surface area contributed by atoms with Gasteiger partial charge in [-0.05, 0) is 56.8 Å². The van der Waals surface area contributed by atoms with E-state index in [-0.39, 0.29) is 5.60 Å². The van der Waals surface area contributed by atoms with Crippen molar-refractivity contribution in [1.29, 1.82) is 0 Å². The molecule has 0 amide bonds. The Bertz CT molecular complexity index is 350. The normalized spacial score (nSPS) is 33.6. The van der Waals surface area contributed by atoms with Crippen LogP contribution in [0.4, 0.5) is 0 Å². The van der Waals surface area contributed by atoms with Gasteiger partial charge in [0, 0.05) is 13.1 Å². The summed E-state index contributed by atoms with van der Waals surface area (Å²) in [5.41, 5.74) is 0.160. The van der Waals surface area contributed by atoms with E-state index >= 15 is 0 Å². The summed E-state index contributed by atoms with van der Waals surface area (Å²) in [6.45, 7) is 6.27. The van der Waals surface area contributed by atoms with Gasteiger partial charge in [0.2, 0.25) is 0 Å². The van der Waals surface area contributed by atoms with E-state index in [9.17, 15) is 5.11 Å². The number of hydrogen-bond donors (Lipinski definition) is 2. The van der Waals surface area contributed by atoms with Crippen LogP contribution in [0.5, 0.6) is 0 Å². The Morgan fingerprint density at radius 3 is 2.33 bits per heavy atom. The first-order valence-corrected chi connectivity index (χ1v) is 9.02. The molecule has 0 aromatic rings. The van der Waals surface area contributed by atoms with Crippen molar-refractivity contribution in [1.82, 2.24) is 5.32 Å². The molecule has 1 saturated heterocycles. The van der Waals surface area contributed by atoms with Crippen molar-refractivity contribution in [2.45, 2.75) is 95.4 Å². The van der Waals surface area contributed by atoms with Gasteiger partial charge in [-0.25, -0.2) is 0 Å². The monoisotopic (exact) mass is 295 g/mol. The lowest BCUT2D eigenvalue weighted by Crippen LogP contribution is -2.46. The Morgan fingerprint density at radius 1 is 1.00 bits per heavy atom. The Morgan fingerprint density at radius 2 is 1.67 bits per heavy atom. The predicted octanol–water partition coefficient (Wildman–Crippen LogP) is 3.40. The van der Waals surface area contributed by atoms with Gasteiger partial charge in [-0.1, -0.05) is 26.7 Å². The third-order valence-electron chi connectivity index (χ3n) is 6.21. The van der Waals surface area contributed by atoms with Crippen LogP contribution in [0.2, 0.25) is 0 Å². The highest BCUT2D eigenvalue weighted by Gasteiger charge is 2.42. The second kappa shape index (κ2) is 5.82. The van der Waals surface area contributed by atoms with Crippen LogP contribution in [-0.4, -0.2) is 35.5 Å². The van der Waals surface area contributed by atoms with Crippen molar-refractivity contribution in [2.75, 3.05) is 13.1 Å². The molecule has 3 nitrogen and oxygen atoms in total. The Hall–Kier alpha value is -0.120. The molecule has 122 valence electrons. The molecule has 1 heterocycles. The third kappa shape index (κ3) is 3.80. The first-order chi connectivity index (χ1) is 9.91. The van der Waals surface area contributed by atoms with Crippen LogP contribution in [0.25, 0.3) is 0 Å². The fourth-order valence-corrected chi connectivity index (χ4v) is 4.46. The summed E-state index contributed by atoms with van der Waals surface area (Å²) >= 11 is 0. The van der Waals surface area contributed by atoms with Crippen LogP contribution in [-0.2, 0) is 4.74 Å². The van der Waals surface area contributed by atoms with Crippen LogP contribution in [0.3, 0.4) is 0 Å². The Kier molecular flexibility index (Phi) is 4.37. The number of nitrogens with one attached hydrogen (secondary N) is 1. The minimum absolute atomic E-state index is 0.234. The van der Waals surface area contributed by atoms with Crippen LogP contribution >= 0.6 is 0 Å². The van der Waals surface area contributed by atoms with Crippen molar-refractivity contribution in [3.63, 3.8) is 0 Å². The predicted molar refractivity (Wildman–Crippen MR) is 85.4 cm³/mol. The number of ether oxygens (including phenoxy) is 1. The SMILES string of the molecule is CC1(C)CCC(O)(CNCC2CCC3(CCCC3)O2)CC1. The lowest BCUT2D eigenvalue weighted by Gasteiger charge is -2.40. The maximum Gasteiger partial charge on any atom is 0.0772 e. The average molecular weight is 295 g/mol. The van der Waals surface area contributed by atoms with Gasteiger partial charge in [-0.15, -0.1) is 0 Å². The fraction of sp³-hybridized carbons (Fsp3) is 1.00. The zero-order chi connectivity index (χ0) is 15.0. The van der Waals surface area contributed by atoms with Crippen LogP contribution < -0.4 is 5.32 Å². The number of rotatable bonds is 4. The lowest BCUT2D eigenvalue weighted by molar-refractivity contribution is -0.0445. The van der Waals surface area contributed by atoms with Crippen molar-refractivity contribution < 1.29 is 9.84 Å². The molecule has 2 aliphatic carbocycles. The van der Waals surface area contributed by atoms with Gasteiger partial charge < -0.3 is 15.2 Å². The average Bonchev–Trinajstić information content (AvgIpc) is 3.05. The van der Waals surface area contributed by atoms with E-state index in [1.54, 1.807) is 0 Å². The summed E-state index contributed by atoms with van der Waals surface area (Å²) < 4.78 is 6.32. The highest BCUT2D eigenvalue weighted by Crippen LogP contribution is 2.43. The number of aliphatic hydroxyl groups is 1. The van der Waals surface area contributed by atoms with E-state index in [1.807, 2.05) is 0 Å². The van der Waals surface area contributed by atoms with Crippen molar-refractivity contribution in [2.24, 2.45) is 5.41 Å². The molecule has 0 radical (unpaired) electrons. The van der Waals surface area contributed by atoms with Crippen molar-refractivity contribution >= 4 is 0 Å². The van der Waals surface area contributed by atoms with Gasteiger partial charge in [0.15, 0.2) is 0 Å². The molecule has 0 aromatic heterocycles. The summed E-state index contributed by atoms with van der Waals surface area (Å²) in [7, 11) is 0.